The first-order valence-electron chi connectivity index (χ1n) is 6.92. The van der Waals surface area contributed by atoms with Crippen LogP contribution in [0.15, 0.2) is 42.5 Å². The molecule has 0 atom stereocenters. The highest BCUT2D eigenvalue weighted by atomic mass is 19.4. The molecule has 2 aromatic carbocycles. The summed E-state index contributed by atoms with van der Waals surface area (Å²) in [6.07, 6.45) is -4.51. The number of carbonyl (C=O) groups is 2. The second-order valence-corrected chi connectivity index (χ2v) is 4.82. The summed E-state index contributed by atoms with van der Waals surface area (Å²) in [5.41, 5.74) is -1.02. The summed E-state index contributed by atoms with van der Waals surface area (Å²) in [6.45, 7) is 0. The molecule has 0 unspecified atom stereocenters. The van der Waals surface area contributed by atoms with Crippen LogP contribution in [0.2, 0.25) is 0 Å². The smallest absolute Gasteiger partial charge is 0.416 e. The Kier molecular flexibility index (Phi) is 5.31. The van der Waals surface area contributed by atoms with Crippen LogP contribution in [0.25, 0.3) is 0 Å². The second kappa shape index (κ2) is 7.25. The lowest BCUT2D eigenvalue weighted by molar-refractivity contribution is -0.137. The molecule has 5 nitrogen and oxygen atoms in total. The maximum atomic E-state index is 12.6. The Morgan fingerprint density at radius 3 is 2.08 bits per heavy atom. The van der Waals surface area contributed by atoms with Gasteiger partial charge < -0.3 is 14.2 Å². The SMILES string of the molecule is COC(=O)c1ccc(OC)cc1OC(=O)c1ccc(C(F)(F)F)cc1. The zero-order valence-corrected chi connectivity index (χ0v) is 13.2. The van der Waals surface area contributed by atoms with Crippen molar-refractivity contribution in [1.82, 2.24) is 0 Å². The Morgan fingerprint density at radius 2 is 1.56 bits per heavy atom. The zero-order valence-electron chi connectivity index (χ0n) is 13.2. The first kappa shape index (κ1) is 18.3. The van der Waals surface area contributed by atoms with Gasteiger partial charge in [0, 0.05) is 6.07 Å². The van der Waals surface area contributed by atoms with Crippen LogP contribution >= 0.6 is 0 Å². The van der Waals surface area contributed by atoms with Gasteiger partial charge >= 0.3 is 18.1 Å². The van der Waals surface area contributed by atoms with Crippen molar-refractivity contribution in [3.8, 4) is 11.5 Å². The molecule has 0 heterocycles. The van der Waals surface area contributed by atoms with Crippen LogP contribution < -0.4 is 9.47 Å². The van der Waals surface area contributed by atoms with Crippen LogP contribution in [0.1, 0.15) is 26.3 Å². The normalized spacial score (nSPS) is 10.9. The molecule has 0 amide bonds. The Balaban J connectivity index is 2.29. The van der Waals surface area contributed by atoms with Gasteiger partial charge in [-0.05, 0) is 36.4 Å². The number of halogens is 3. The Hall–Kier alpha value is -3.03. The molecule has 0 bridgehead atoms. The van der Waals surface area contributed by atoms with Crippen molar-refractivity contribution < 1.29 is 37.0 Å². The van der Waals surface area contributed by atoms with Gasteiger partial charge in [-0.1, -0.05) is 0 Å². The van der Waals surface area contributed by atoms with Gasteiger partial charge in [-0.25, -0.2) is 9.59 Å². The number of rotatable bonds is 4. The fraction of sp³-hybridized carbons (Fsp3) is 0.176. The minimum Gasteiger partial charge on any atom is -0.497 e. The van der Waals surface area contributed by atoms with E-state index >= 15 is 0 Å². The molecule has 0 saturated carbocycles. The highest BCUT2D eigenvalue weighted by molar-refractivity contribution is 5.96. The standard InChI is InChI=1S/C17H13F3O5/c1-23-12-7-8-13(16(22)24-2)14(9-12)25-15(21)10-3-5-11(6-4-10)17(18,19)20/h3-9H,1-2H3. The Morgan fingerprint density at radius 1 is 0.920 bits per heavy atom. The molecule has 0 radical (unpaired) electrons. The van der Waals surface area contributed by atoms with Crippen LogP contribution in [-0.4, -0.2) is 26.2 Å². The van der Waals surface area contributed by atoms with E-state index in [-0.39, 0.29) is 16.9 Å². The van der Waals surface area contributed by atoms with E-state index in [1.807, 2.05) is 0 Å². The molecule has 0 aliphatic carbocycles. The van der Waals surface area contributed by atoms with E-state index in [2.05, 4.69) is 4.74 Å². The average molecular weight is 354 g/mol. The largest absolute Gasteiger partial charge is 0.497 e. The van der Waals surface area contributed by atoms with Crippen molar-refractivity contribution in [2.75, 3.05) is 14.2 Å². The molecule has 0 aliphatic rings. The summed E-state index contributed by atoms with van der Waals surface area (Å²) >= 11 is 0. The summed E-state index contributed by atoms with van der Waals surface area (Å²) in [6, 6.07) is 7.63. The first-order valence-corrected chi connectivity index (χ1v) is 6.92. The number of hydrogen-bond donors (Lipinski definition) is 0. The lowest BCUT2D eigenvalue weighted by Crippen LogP contribution is -2.13. The van der Waals surface area contributed by atoms with Gasteiger partial charge in [-0.15, -0.1) is 0 Å². The van der Waals surface area contributed by atoms with Crippen LogP contribution in [-0.2, 0) is 10.9 Å². The van der Waals surface area contributed by atoms with Gasteiger partial charge in [0.25, 0.3) is 0 Å². The fourth-order valence-corrected chi connectivity index (χ4v) is 1.95. The van der Waals surface area contributed by atoms with Crippen LogP contribution in [0.5, 0.6) is 11.5 Å². The van der Waals surface area contributed by atoms with E-state index in [0.29, 0.717) is 5.75 Å². The number of ether oxygens (including phenoxy) is 3. The minimum atomic E-state index is -4.51. The Bertz CT molecular complexity index is 782. The fourth-order valence-electron chi connectivity index (χ4n) is 1.95. The van der Waals surface area contributed by atoms with E-state index in [0.717, 1.165) is 31.4 Å². The number of esters is 2. The predicted octanol–water partition coefficient (Wildman–Crippen LogP) is 3.72. The molecule has 0 spiro atoms. The molecule has 8 heteroatoms. The third-order valence-corrected chi connectivity index (χ3v) is 3.24. The predicted molar refractivity (Wildman–Crippen MR) is 80.7 cm³/mol. The quantitative estimate of drug-likeness (QED) is 0.619. The van der Waals surface area contributed by atoms with E-state index < -0.39 is 23.7 Å². The Labute approximate surface area is 140 Å². The van der Waals surface area contributed by atoms with Gasteiger partial charge in [0.05, 0.1) is 25.3 Å². The topological polar surface area (TPSA) is 61.8 Å². The van der Waals surface area contributed by atoms with Crippen LogP contribution in [0.3, 0.4) is 0 Å². The summed E-state index contributed by atoms with van der Waals surface area (Å²) in [5, 5.41) is 0. The highest BCUT2D eigenvalue weighted by Gasteiger charge is 2.30. The number of benzene rings is 2. The summed E-state index contributed by atoms with van der Waals surface area (Å²) in [5.74, 6) is -1.47. The molecular weight excluding hydrogens is 341 g/mol. The van der Waals surface area contributed by atoms with Crippen molar-refractivity contribution >= 4 is 11.9 Å². The number of alkyl halides is 3. The number of carbonyl (C=O) groups excluding carboxylic acids is 2. The van der Waals surface area contributed by atoms with Crippen molar-refractivity contribution in [3.05, 3.63) is 59.2 Å². The van der Waals surface area contributed by atoms with Crippen molar-refractivity contribution in [2.24, 2.45) is 0 Å². The molecule has 0 fully saturated rings. The van der Waals surface area contributed by atoms with Gasteiger partial charge in [-0.2, -0.15) is 13.2 Å². The van der Waals surface area contributed by atoms with Crippen molar-refractivity contribution in [1.29, 1.82) is 0 Å². The molecule has 2 aromatic rings. The highest BCUT2D eigenvalue weighted by Crippen LogP contribution is 2.30. The number of methoxy groups -OCH3 is 2. The molecule has 132 valence electrons. The molecule has 0 aliphatic heterocycles. The number of hydrogen-bond acceptors (Lipinski definition) is 5. The second-order valence-electron chi connectivity index (χ2n) is 4.82. The minimum absolute atomic E-state index is 0.0245. The molecule has 0 N–H and O–H groups in total. The zero-order chi connectivity index (χ0) is 18.6. The van der Waals surface area contributed by atoms with Gasteiger partial charge in [0.15, 0.2) is 0 Å². The molecule has 0 saturated heterocycles. The molecular formula is C17H13F3O5. The lowest BCUT2D eigenvalue weighted by atomic mass is 10.1. The van der Waals surface area contributed by atoms with Gasteiger partial charge in [0.2, 0.25) is 0 Å². The van der Waals surface area contributed by atoms with E-state index in [9.17, 15) is 22.8 Å². The summed E-state index contributed by atoms with van der Waals surface area (Å²) in [7, 11) is 2.54. The van der Waals surface area contributed by atoms with E-state index in [1.165, 1.54) is 25.3 Å². The van der Waals surface area contributed by atoms with E-state index in [1.54, 1.807) is 0 Å². The first-order chi connectivity index (χ1) is 11.8. The van der Waals surface area contributed by atoms with Crippen LogP contribution in [0.4, 0.5) is 13.2 Å². The maximum absolute atomic E-state index is 12.6. The molecule has 2 rings (SSSR count). The lowest BCUT2D eigenvalue weighted by Gasteiger charge is -2.11. The summed E-state index contributed by atoms with van der Waals surface area (Å²) < 4.78 is 52.4. The average Bonchev–Trinajstić information content (AvgIpc) is 2.60. The van der Waals surface area contributed by atoms with Crippen LogP contribution in [0, 0.1) is 0 Å². The molecule has 25 heavy (non-hydrogen) atoms. The monoisotopic (exact) mass is 354 g/mol. The van der Waals surface area contributed by atoms with Crippen molar-refractivity contribution in [2.45, 2.75) is 6.18 Å². The van der Waals surface area contributed by atoms with E-state index in [4.69, 9.17) is 9.47 Å². The third kappa shape index (κ3) is 4.28. The third-order valence-electron chi connectivity index (χ3n) is 3.24. The van der Waals surface area contributed by atoms with Crippen molar-refractivity contribution in [3.63, 3.8) is 0 Å². The molecule has 0 aromatic heterocycles. The van der Waals surface area contributed by atoms with Gasteiger partial charge in [-0.3, -0.25) is 0 Å². The van der Waals surface area contributed by atoms with Gasteiger partial charge in [0.1, 0.15) is 17.1 Å². The maximum Gasteiger partial charge on any atom is 0.416 e. The summed E-state index contributed by atoms with van der Waals surface area (Å²) in [4.78, 5) is 23.9.